The molecular formula is C16H17FN4O5S2. The van der Waals surface area contributed by atoms with Crippen LogP contribution in [-0.4, -0.2) is 55.1 Å². The zero-order valence-electron chi connectivity index (χ0n) is 14.9. The van der Waals surface area contributed by atoms with Gasteiger partial charge in [0.1, 0.15) is 22.4 Å². The number of hydrogen-bond donors (Lipinski definition) is 3. The van der Waals surface area contributed by atoms with Gasteiger partial charge in [-0.15, -0.1) is 11.3 Å². The monoisotopic (exact) mass is 428 g/mol. The van der Waals surface area contributed by atoms with Gasteiger partial charge in [-0.3, -0.25) is 14.9 Å². The van der Waals surface area contributed by atoms with Crippen molar-refractivity contribution in [1.82, 2.24) is 9.88 Å². The summed E-state index contributed by atoms with van der Waals surface area (Å²) in [5.74, 6) is -2.60. The Kier molecular flexibility index (Phi) is 6.46. The molecule has 1 aromatic carbocycles. The molecular weight excluding hydrogens is 411 g/mol. The summed E-state index contributed by atoms with van der Waals surface area (Å²) in [5.41, 5.74) is 0.709. The van der Waals surface area contributed by atoms with Gasteiger partial charge in [0.25, 0.3) is 10.0 Å². The fourth-order valence-corrected chi connectivity index (χ4v) is 4.11. The van der Waals surface area contributed by atoms with E-state index >= 15 is 0 Å². The number of nitrogens with one attached hydrogen (secondary N) is 2. The molecule has 12 heteroatoms. The van der Waals surface area contributed by atoms with E-state index in [2.05, 4.69) is 9.71 Å². The van der Waals surface area contributed by atoms with E-state index in [1.165, 1.54) is 16.5 Å². The van der Waals surface area contributed by atoms with Crippen LogP contribution in [0.3, 0.4) is 0 Å². The zero-order chi connectivity index (χ0) is 21.1. The fourth-order valence-electron chi connectivity index (χ4n) is 2.11. The Morgan fingerprint density at radius 1 is 1.36 bits per heavy atom. The average molecular weight is 428 g/mol. The first-order chi connectivity index (χ1) is 13.0. The quantitative estimate of drug-likeness (QED) is 0.430. The molecule has 0 aliphatic carbocycles. The van der Waals surface area contributed by atoms with E-state index in [-0.39, 0.29) is 35.0 Å². The van der Waals surface area contributed by atoms with Crippen molar-refractivity contribution >= 4 is 43.9 Å². The molecule has 0 spiro atoms. The van der Waals surface area contributed by atoms with E-state index in [0.717, 1.165) is 23.5 Å². The number of benzene rings is 1. The lowest BCUT2D eigenvalue weighted by molar-refractivity contribution is -0.117. The number of ketones is 1. The van der Waals surface area contributed by atoms with Crippen LogP contribution in [-0.2, 0) is 21.2 Å². The fraction of sp³-hybridized carbons (Fsp3) is 0.250. The summed E-state index contributed by atoms with van der Waals surface area (Å²) in [6.45, 7) is 0. The highest BCUT2D eigenvalue weighted by molar-refractivity contribution is 7.93. The summed E-state index contributed by atoms with van der Waals surface area (Å²) in [6.07, 6.45) is -0.453. The van der Waals surface area contributed by atoms with Gasteiger partial charge in [-0.2, -0.15) is 0 Å². The Morgan fingerprint density at radius 3 is 2.61 bits per heavy atom. The molecule has 2 aromatic rings. The van der Waals surface area contributed by atoms with Crippen molar-refractivity contribution in [2.24, 2.45) is 0 Å². The van der Waals surface area contributed by atoms with E-state index < -0.39 is 32.4 Å². The third kappa shape index (κ3) is 5.10. The summed E-state index contributed by atoms with van der Waals surface area (Å²) >= 11 is 0.778. The number of halogens is 1. The minimum absolute atomic E-state index is 0.000443. The molecule has 1 heterocycles. The van der Waals surface area contributed by atoms with Gasteiger partial charge in [-0.05, 0) is 17.7 Å². The van der Waals surface area contributed by atoms with Gasteiger partial charge < -0.3 is 10.0 Å². The van der Waals surface area contributed by atoms with E-state index in [1.54, 1.807) is 14.1 Å². The topological polar surface area (TPSA) is 141 Å². The predicted molar refractivity (Wildman–Crippen MR) is 101 cm³/mol. The molecule has 0 atom stereocenters. The molecule has 150 valence electrons. The molecule has 0 saturated heterocycles. The summed E-state index contributed by atoms with van der Waals surface area (Å²) in [7, 11) is -1.02. The molecule has 0 unspecified atom stereocenters. The zero-order valence-corrected chi connectivity index (χ0v) is 16.5. The Balaban J connectivity index is 2.18. The minimum atomic E-state index is -4.25. The SMILES string of the molecule is CN(C)C(=N)CC(=O)Cc1ccc(S(=O)(=O)Nc2scnc2C(=O)O)cc1F. The number of sulfonamides is 1. The number of carbonyl (C=O) groups is 2. The molecule has 0 bridgehead atoms. The van der Waals surface area contributed by atoms with Crippen LogP contribution in [0.1, 0.15) is 22.5 Å². The number of carboxylic acids is 1. The number of aromatic nitrogens is 1. The van der Waals surface area contributed by atoms with Crippen molar-refractivity contribution in [3.8, 4) is 0 Å². The Labute approximate surface area is 164 Å². The van der Waals surface area contributed by atoms with Gasteiger partial charge in [0, 0.05) is 20.5 Å². The molecule has 0 radical (unpaired) electrons. The van der Waals surface area contributed by atoms with Gasteiger partial charge in [-0.25, -0.2) is 22.6 Å². The number of hydrogen-bond acceptors (Lipinski definition) is 7. The highest BCUT2D eigenvalue weighted by Gasteiger charge is 2.22. The number of rotatable bonds is 8. The summed E-state index contributed by atoms with van der Waals surface area (Å²) in [4.78, 5) is 27.6. The third-order valence-electron chi connectivity index (χ3n) is 3.62. The van der Waals surface area contributed by atoms with Crippen molar-refractivity contribution in [3.63, 3.8) is 0 Å². The first-order valence-electron chi connectivity index (χ1n) is 7.75. The van der Waals surface area contributed by atoms with Crippen LogP contribution in [0.25, 0.3) is 0 Å². The largest absolute Gasteiger partial charge is 0.476 e. The number of Topliss-reactive ketones (excluding diaryl/α,β-unsaturated/α-hetero) is 1. The molecule has 0 aliphatic rings. The average Bonchev–Trinajstić information content (AvgIpc) is 3.04. The van der Waals surface area contributed by atoms with Crippen LogP contribution in [0.5, 0.6) is 0 Å². The number of thiazole rings is 1. The van der Waals surface area contributed by atoms with Crippen molar-refractivity contribution in [2.45, 2.75) is 17.7 Å². The minimum Gasteiger partial charge on any atom is -0.476 e. The third-order valence-corrected chi connectivity index (χ3v) is 5.84. The van der Waals surface area contributed by atoms with Gasteiger partial charge >= 0.3 is 5.97 Å². The lowest BCUT2D eigenvalue weighted by Gasteiger charge is -2.13. The first kappa shape index (κ1) is 21.4. The lowest BCUT2D eigenvalue weighted by atomic mass is 10.1. The van der Waals surface area contributed by atoms with Crippen LogP contribution in [0.2, 0.25) is 0 Å². The predicted octanol–water partition coefficient (Wildman–Crippen LogP) is 1.82. The lowest BCUT2D eigenvalue weighted by Crippen LogP contribution is -2.24. The number of aromatic carboxylic acids is 1. The standard InChI is InChI=1S/C16H17FN4O5S2/c1-21(2)13(18)6-10(22)5-9-3-4-11(7-12(9)17)28(25,26)20-15-14(16(23)24)19-8-27-15/h3-4,7-8,18,20H,5-6H2,1-2H3,(H,23,24). The molecule has 0 amide bonds. The van der Waals surface area contributed by atoms with Crippen LogP contribution >= 0.6 is 11.3 Å². The first-order valence-corrected chi connectivity index (χ1v) is 10.1. The highest BCUT2D eigenvalue weighted by atomic mass is 32.2. The second-order valence-electron chi connectivity index (χ2n) is 5.93. The van der Waals surface area contributed by atoms with Crippen LogP contribution in [0.4, 0.5) is 9.39 Å². The Hall–Kier alpha value is -2.86. The number of anilines is 1. The number of nitrogens with zero attached hydrogens (tertiary/aromatic N) is 2. The maximum atomic E-state index is 14.3. The van der Waals surface area contributed by atoms with Gasteiger partial charge in [0.2, 0.25) is 0 Å². The second kappa shape index (κ2) is 8.44. The Morgan fingerprint density at radius 2 is 2.04 bits per heavy atom. The number of carbonyl (C=O) groups excluding carboxylic acids is 1. The summed E-state index contributed by atoms with van der Waals surface area (Å²) in [5, 5.41) is 16.4. The second-order valence-corrected chi connectivity index (χ2v) is 8.46. The van der Waals surface area contributed by atoms with Crippen LogP contribution < -0.4 is 4.72 Å². The molecule has 28 heavy (non-hydrogen) atoms. The van der Waals surface area contributed by atoms with Crippen molar-refractivity contribution in [2.75, 3.05) is 18.8 Å². The van der Waals surface area contributed by atoms with Crippen molar-refractivity contribution in [3.05, 3.63) is 40.8 Å². The number of amidine groups is 1. The summed E-state index contributed by atoms with van der Waals surface area (Å²) < 4.78 is 41.2. The van der Waals surface area contributed by atoms with E-state index in [4.69, 9.17) is 10.5 Å². The molecule has 0 fully saturated rings. The normalized spacial score (nSPS) is 11.1. The van der Waals surface area contributed by atoms with Gasteiger partial charge in [0.15, 0.2) is 5.69 Å². The summed E-state index contributed by atoms with van der Waals surface area (Å²) in [6, 6.07) is 3.04. The molecule has 9 nitrogen and oxygen atoms in total. The molecule has 1 aromatic heterocycles. The molecule has 2 rings (SSSR count). The van der Waals surface area contributed by atoms with E-state index in [9.17, 15) is 22.4 Å². The smallest absolute Gasteiger partial charge is 0.357 e. The van der Waals surface area contributed by atoms with E-state index in [0.29, 0.717) is 0 Å². The molecule has 0 saturated carbocycles. The van der Waals surface area contributed by atoms with E-state index in [1.807, 2.05) is 0 Å². The number of carboxylic acid groups (broad SMARTS) is 1. The maximum Gasteiger partial charge on any atom is 0.357 e. The highest BCUT2D eigenvalue weighted by Crippen LogP contribution is 2.25. The van der Waals surface area contributed by atoms with Crippen LogP contribution in [0, 0.1) is 11.2 Å². The Bertz CT molecular complexity index is 1030. The van der Waals surface area contributed by atoms with Gasteiger partial charge in [-0.1, -0.05) is 6.07 Å². The van der Waals surface area contributed by atoms with Crippen molar-refractivity contribution < 1.29 is 27.5 Å². The van der Waals surface area contributed by atoms with Crippen LogP contribution in [0.15, 0.2) is 28.6 Å². The molecule has 0 aliphatic heterocycles. The van der Waals surface area contributed by atoms with Gasteiger partial charge in [0.05, 0.1) is 16.8 Å². The molecule has 3 N–H and O–H groups in total. The van der Waals surface area contributed by atoms with Crippen molar-refractivity contribution in [1.29, 1.82) is 5.41 Å². The maximum absolute atomic E-state index is 14.3.